The zero-order valence-electron chi connectivity index (χ0n) is 7.09. The largest absolute Gasteiger partial charge is 0.453 e. The number of hydrogen-bond donors (Lipinski definition) is 1. The molecular weight excluding hydrogens is 142 g/mol. The molecule has 0 aliphatic rings. The number of nitrogens with one attached hydrogen (secondary N) is 1. The second-order valence-corrected chi connectivity index (χ2v) is 2.27. The number of carbonyl (C=O) groups is 1. The van der Waals surface area contributed by atoms with E-state index < -0.39 is 0 Å². The number of hydrogen-bond acceptors (Lipinski definition) is 2. The molecule has 0 saturated carbocycles. The summed E-state index contributed by atoms with van der Waals surface area (Å²) in [5, 5.41) is 2.68. The minimum Gasteiger partial charge on any atom is -0.453 e. The van der Waals surface area contributed by atoms with Gasteiger partial charge in [-0.3, -0.25) is 0 Å². The fourth-order valence-electron chi connectivity index (χ4n) is 0.754. The van der Waals surface area contributed by atoms with Crippen LogP contribution in [-0.2, 0) is 4.74 Å². The standard InChI is InChI=1S/C8H15NO2/c1-4-6-7(5-2)9-8(10)11-3/h4,7H,1,5-6H2,2-3H3,(H,9,10). The molecule has 3 heteroatoms. The van der Waals surface area contributed by atoms with Gasteiger partial charge in [0.05, 0.1) is 7.11 Å². The van der Waals surface area contributed by atoms with Crippen molar-refractivity contribution in [2.75, 3.05) is 7.11 Å². The van der Waals surface area contributed by atoms with Crippen LogP contribution in [0, 0.1) is 0 Å². The molecule has 0 spiro atoms. The maximum atomic E-state index is 10.7. The lowest BCUT2D eigenvalue weighted by Gasteiger charge is -2.12. The van der Waals surface area contributed by atoms with Gasteiger partial charge in [0.1, 0.15) is 0 Å². The molecule has 0 aromatic rings. The van der Waals surface area contributed by atoms with E-state index in [0.29, 0.717) is 0 Å². The summed E-state index contributed by atoms with van der Waals surface area (Å²) < 4.78 is 4.44. The highest BCUT2D eigenvalue weighted by Gasteiger charge is 2.06. The molecule has 0 heterocycles. The highest BCUT2D eigenvalue weighted by atomic mass is 16.5. The van der Waals surface area contributed by atoms with Crippen LogP contribution in [0.3, 0.4) is 0 Å². The summed E-state index contributed by atoms with van der Waals surface area (Å²) >= 11 is 0. The third-order valence-corrected chi connectivity index (χ3v) is 1.45. The van der Waals surface area contributed by atoms with Gasteiger partial charge in [-0.2, -0.15) is 0 Å². The summed E-state index contributed by atoms with van der Waals surface area (Å²) in [4.78, 5) is 10.7. The molecule has 1 amide bonds. The predicted molar refractivity (Wildman–Crippen MR) is 44.4 cm³/mol. The SMILES string of the molecule is C=CCC(CC)NC(=O)OC. The van der Waals surface area contributed by atoms with Gasteiger partial charge in [0, 0.05) is 6.04 Å². The molecule has 0 rings (SSSR count). The summed E-state index contributed by atoms with van der Waals surface area (Å²) in [7, 11) is 1.36. The molecule has 1 N–H and O–H groups in total. The lowest BCUT2D eigenvalue weighted by Crippen LogP contribution is -2.33. The van der Waals surface area contributed by atoms with Crippen LogP contribution in [0.15, 0.2) is 12.7 Å². The maximum Gasteiger partial charge on any atom is 0.407 e. The zero-order valence-corrected chi connectivity index (χ0v) is 7.09. The smallest absolute Gasteiger partial charge is 0.407 e. The number of ether oxygens (including phenoxy) is 1. The van der Waals surface area contributed by atoms with E-state index >= 15 is 0 Å². The van der Waals surface area contributed by atoms with Crippen LogP contribution >= 0.6 is 0 Å². The van der Waals surface area contributed by atoms with Gasteiger partial charge in [0.2, 0.25) is 0 Å². The van der Waals surface area contributed by atoms with Crippen LogP contribution < -0.4 is 5.32 Å². The van der Waals surface area contributed by atoms with Crippen molar-refractivity contribution in [3.8, 4) is 0 Å². The summed E-state index contributed by atoms with van der Waals surface area (Å²) in [5.41, 5.74) is 0. The predicted octanol–water partition coefficient (Wildman–Crippen LogP) is 1.70. The Kier molecular flexibility index (Phi) is 5.25. The molecule has 3 nitrogen and oxygen atoms in total. The number of rotatable bonds is 4. The van der Waals surface area contributed by atoms with E-state index in [4.69, 9.17) is 0 Å². The highest BCUT2D eigenvalue weighted by Crippen LogP contribution is 1.97. The first kappa shape index (κ1) is 10.0. The summed E-state index contributed by atoms with van der Waals surface area (Å²) in [6.45, 7) is 5.59. The summed E-state index contributed by atoms with van der Waals surface area (Å²) in [5.74, 6) is 0. The van der Waals surface area contributed by atoms with Gasteiger partial charge in [-0.05, 0) is 12.8 Å². The second kappa shape index (κ2) is 5.77. The molecular formula is C8H15NO2. The number of methoxy groups -OCH3 is 1. The summed E-state index contributed by atoms with van der Waals surface area (Å²) in [6, 6.07) is 0.153. The van der Waals surface area contributed by atoms with Crippen molar-refractivity contribution in [1.29, 1.82) is 0 Å². The topological polar surface area (TPSA) is 38.3 Å². The molecule has 0 aromatic carbocycles. The molecule has 1 unspecified atom stereocenters. The van der Waals surface area contributed by atoms with E-state index in [2.05, 4.69) is 16.6 Å². The van der Waals surface area contributed by atoms with Crippen LogP contribution in [0.4, 0.5) is 4.79 Å². The molecule has 0 aromatic heterocycles. The number of alkyl carbamates (subject to hydrolysis) is 1. The Labute approximate surface area is 67.4 Å². The van der Waals surface area contributed by atoms with Gasteiger partial charge in [-0.25, -0.2) is 4.79 Å². The lowest BCUT2D eigenvalue weighted by atomic mass is 10.1. The van der Waals surface area contributed by atoms with Gasteiger partial charge < -0.3 is 10.1 Å². The lowest BCUT2D eigenvalue weighted by molar-refractivity contribution is 0.166. The van der Waals surface area contributed by atoms with Gasteiger partial charge in [0.15, 0.2) is 0 Å². The fourth-order valence-corrected chi connectivity index (χ4v) is 0.754. The third-order valence-electron chi connectivity index (χ3n) is 1.45. The minimum absolute atomic E-state index is 0.153. The van der Waals surface area contributed by atoms with Crippen LogP contribution in [-0.4, -0.2) is 19.2 Å². The molecule has 64 valence electrons. The molecule has 11 heavy (non-hydrogen) atoms. The van der Waals surface area contributed by atoms with Crippen molar-refractivity contribution < 1.29 is 9.53 Å². The van der Waals surface area contributed by atoms with Crippen molar-refractivity contribution in [2.24, 2.45) is 0 Å². The van der Waals surface area contributed by atoms with E-state index in [1.165, 1.54) is 7.11 Å². The molecule has 0 radical (unpaired) electrons. The molecule has 0 saturated heterocycles. The fraction of sp³-hybridized carbons (Fsp3) is 0.625. The van der Waals surface area contributed by atoms with Gasteiger partial charge in [0.25, 0.3) is 0 Å². The molecule has 0 bridgehead atoms. The Morgan fingerprint density at radius 3 is 2.82 bits per heavy atom. The quantitative estimate of drug-likeness (QED) is 0.631. The molecule has 0 aliphatic carbocycles. The van der Waals surface area contributed by atoms with E-state index in [9.17, 15) is 4.79 Å². The van der Waals surface area contributed by atoms with Crippen molar-refractivity contribution >= 4 is 6.09 Å². The Morgan fingerprint density at radius 1 is 1.82 bits per heavy atom. The first-order valence-corrected chi connectivity index (χ1v) is 3.70. The zero-order chi connectivity index (χ0) is 8.69. The molecule has 1 atom stereocenters. The van der Waals surface area contributed by atoms with Crippen molar-refractivity contribution in [3.63, 3.8) is 0 Å². The Balaban J connectivity index is 3.67. The first-order valence-electron chi connectivity index (χ1n) is 3.70. The van der Waals surface area contributed by atoms with E-state index in [-0.39, 0.29) is 12.1 Å². The Bertz CT molecular complexity index is 134. The Hall–Kier alpha value is -0.990. The van der Waals surface area contributed by atoms with Crippen molar-refractivity contribution in [3.05, 3.63) is 12.7 Å². The van der Waals surface area contributed by atoms with Crippen LogP contribution in [0.2, 0.25) is 0 Å². The van der Waals surface area contributed by atoms with E-state index in [0.717, 1.165) is 12.8 Å². The van der Waals surface area contributed by atoms with Crippen LogP contribution in [0.25, 0.3) is 0 Å². The highest BCUT2D eigenvalue weighted by molar-refractivity contribution is 5.67. The maximum absolute atomic E-state index is 10.7. The van der Waals surface area contributed by atoms with Crippen LogP contribution in [0.5, 0.6) is 0 Å². The molecule has 0 aliphatic heterocycles. The van der Waals surface area contributed by atoms with E-state index in [1.807, 2.05) is 6.92 Å². The average molecular weight is 157 g/mol. The van der Waals surface area contributed by atoms with E-state index in [1.54, 1.807) is 6.08 Å². The number of carbonyl (C=O) groups excluding carboxylic acids is 1. The van der Waals surface area contributed by atoms with Gasteiger partial charge in [-0.15, -0.1) is 6.58 Å². The normalized spacial score (nSPS) is 11.8. The first-order chi connectivity index (χ1) is 5.24. The van der Waals surface area contributed by atoms with Crippen molar-refractivity contribution in [1.82, 2.24) is 5.32 Å². The van der Waals surface area contributed by atoms with Gasteiger partial charge >= 0.3 is 6.09 Å². The van der Waals surface area contributed by atoms with Crippen molar-refractivity contribution in [2.45, 2.75) is 25.8 Å². The number of amides is 1. The van der Waals surface area contributed by atoms with Gasteiger partial charge in [-0.1, -0.05) is 13.0 Å². The Morgan fingerprint density at radius 2 is 2.45 bits per heavy atom. The van der Waals surface area contributed by atoms with Crippen LogP contribution in [0.1, 0.15) is 19.8 Å². The third kappa shape index (κ3) is 4.42. The second-order valence-electron chi connectivity index (χ2n) is 2.27. The average Bonchev–Trinajstić information content (AvgIpc) is 2.03. The molecule has 0 fully saturated rings. The minimum atomic E-state index is -0.376. The monoisotopic (exact) mass is 157 g/mol. The summed E-state index contributed by atoms with van der Waals surface area (Å²) in [6.07, 6.45) is 3.08.